The van der Waals surface area contributed by atoms with Crippen molar-refractivity contribution in [3.63, 3.8) is 0 Å². The zero-order chi connectivity index (χ0) is 15.6. The molecular formula is C16H17NO5. The minimum atomic E-state index is -0.621. The molecule has 0 amide bonds. The van der Waals surface area contributed by atoms with Crippen molar-refractivity contribution >= 4 is 5.97 Å². The first-order valence-corrected chi connectivity index (χ1v) is 7.03. The van der Waals surface area contributed by atoms with E-state index in [1.54, 1.807) is 30.3 Å². The zero-order valence-corrected chi connectivity index (χ0v) is 12.4. The normalized spacial score (nSPS) is 20.0. The van der Waals surface area contributed by atoms with Crippen molar-refractivity contribution in [2.75, 3.05) is 6.61 Å². The van der Waals surface area contributed by atoms with Crippen LogP contribution in [0, 0.1) is 0 Å². The van der Waals surface area contributed by atoms with Gasteiger partial charge in [-0.2, -0.15) is 0 Å². The molecule has 1 aromatic heterocycles. The summed E-state index contributed by atoms with van der Waals surface area (Å²) in [5.41, 5.74) is 1.13. The highest BCUT2D eigenvalue weighted by atomic mass is 16.7. The lowest BCUT2D eigenvalue weighted by atomic mass is 10.2. The molecule has 1 aromatic carbocycles. The molecule has 1 fully saturated rings. The molecule has 0 unspecified atom stereocenters. The summed E-state index contributed by atoms with van der Waals surface area (Å²) in [5.74, 6) is -0.559. The largest absolute Gasteiger partial charge is 0.454 e. The van der Waals surface area contributed by atoms with E-state index in [-0.39, 0.29) is 12.7 Å². The SMILES string of the molecule is CC1(C)OC[C@H](c2cc(COC(=O)c3ccccc3)on2)O1. The van der Waals surface area contributed by atoms with Gasteiger partial charge in [0.15, 0.2) is 18.2 Å². The fraction of sp³-hybridized carbons (Fsp3) is 0.375. The van der Waals surface area contributed by atoms with E-state index in [2.05, 4.69) is 5.16 Å². The number of hydrogen-bond acceptors (Lipinski definition) is 6. The number of aromatic nitrogens is 1. The quantitative estimate of drug-likeness (QED) is 0.809. The summed E-state index contributed by atoms with van der Waals surface area (Å²) in [6.07, 6.45) is -0.266. The van der Waals surface area contributed by atoms with Gasteiger partial charge in [0, 0.05) is 6.07 Å². The summed E-state index contributed by atoms with van der Waals surface area (Å²) in [4.78, 5) is 11.8. The maximum absolute atomic E-state index is 11.8. The molecule has 2 aromatic rings. The van der Waals surface area contributed by atoms with Crippen molar-refractivity contribution in [3.05, 3.63) is 53.4 Å². The first-order valence-electron chi connectivity index (χ1n) is 7.03. The van der Waals surface area contributed by atoms with E-state index in [4.69, 9.17) is 18.7 Å². The monoisotopic (exact) mass is 303 g/mol. The zero-order valence-electron chi connectivity index (χ0n) is 12.4. The van der Waals surface area contributed by atoms with Gasteiger partial charge in [-0.25, -0.2) is 4.79 Å². The molecule has 1 aliphatic heterocycles. The Labute approximate surface area is 128 Å². The molecule has 1 saturated heterocycles. The Kier molecular flexibility index (Phi) is 3.96. The van der Waals surface area contributed by atoms with Gasteiger partial charge >= 0.3 is 5.97 Å². The van der Waals surface area contributed by atoms with Crippen LogP contribution in [0.3, 0.4) is 0 Å². The molecular weight excluding hydrogens is 286 g/mol. The number of ether oxygens (including phenoxy) is 3. The third kappa shape index (κ3) is 3.35. The minimum Gasteiger partial charge on any atom is -0.454 e. The average molecular weight is 303 g/mol. The highest BCUT2D eigenvalue weighted by molar-refractivity contribution is 5.89. The maximum Gasteiger partial charge on any atom is 0.338 e. The molecule has 22 heavy (non-hydrogen) atoms. The van der Waals surface area contributed by atoms with E-state index in [9.17, 15) is 4.79 Å². The van der Waals surface area contributed by atoms with Crippen molar-refractivity contribution in [3.8, 4) is 0 Å². The molecule has 1 atom stereocenters. The van der Waals surface area contributed by atoms with Crippen molar-refractivity contribution in [2.45, 2.75) is 32.3 Å². The van der Waals surface area contributed by atoms with Crippen molar-refractivity contribution < 1.29 is 23.5 Å². The first-order chi connectivity index (χ1) is 10.5. The number of rotatable bonds is 4. The molecule has 0 saturated carbocycles. The maximum atomic E-state index is 11.8. The molecule has 0 radical (unpaired) electrons. The van der Waals surface area contributed by atoms with Gasteiger partial charge in [-0.05, 0) is 26.0 Å². The number of benzene rings is 1. The molecule has 0 N–H and O–H groups in total. The standard InChI is InChI=1S/C16H17NO5/c1-16(2)20-10-14(21-16)13-8-12(22-17-13)9-19-15(18)11-6-4-3-5-7-11/h3-8,14H,9-10H2,1-2H3/t14-/m1/s1. The molecule has 1 aliphatic rings. The lowest BCUT2D eigenvalue weighted by molar-refractivity contribution is -0.139. The van der Waals surface area contributed by atoms with Gasteiger partial charge in [-0.3, -0.25) is 0 Å². The predicted octanol–water partition coefficient (Wildman–Crippen LogP) is 2.86. The molecule has 6 heteroatoms. The Hall–Kier alpha value is -2.18. The fourth-order valence-corrected chi connectivity index (χ4v) is 2.18. The van der Waals surface area contributed by atoms with E-state index >= 15 is 0 Å². The fourth-order valence-electron chi connectivity index (χ4n) is 2.18. The van der Waals surface area contributed by atoms with Crippen molar-refractivity contribution in [2.24, 2.45) is 0 Å². The second kappa shape index (κ2) is 5.90. The highest BCUT2D eigenvalue weighted by Gasteiger charge is 2.35. The van der Waals surface area contributed by atoms with Gasteiger partial charge in [0.05, 0.1) is 12.2 Å². The van der Waals surface area contributed by atoms with E-state index in [1.807, 2.05) is 19.9 Å². The number of hydrogen-bond donors (Lipinski definition) is 0. The van der Waals surface area contributed by atoms with Crippen molar-refractivity contribution in [1.82, 2.24) is 5.16 Å². The van der Waals surface area contributed by atoms with Crippen LogP contribution in [-0.2, 0) is 20.8 Å². The molecule has 116 valence electrons. The second-order valence-corrected chi connectivity index (χ2v) is 5.48. The van der Waals surface area contributed by atoms with E-state index in [1.165, 1.54) is 0 Å². The number of carbonyl (C=O) groups is 1. The summed E-state index contributed by atoms with van der Waals surface area (Å²) in [5, 5.41) is 3.94. The van der Waals surface area contributed by atoms with Gasteiger partial charge in [0.2, 0.25) is 0 Å². The van der Waals surface area contributed by atoms with Crippen LogP contribution >= 0.6 is 0 Å². The van der Waals surface area contributed by atoms with Crippen LogP contribution in [0.5, 0.6) is 0 Å². The summed E-state index contributed by atoms with van der Waals surface area (Å²) >= 11 is 0. The Bertz CT molecular complexity index is 650. The van der Waals surface area contributed by atoms with Crippen molar-refractivity contribution in [1.29, 1.82) is 0 Å². The first kappa shape index (κ1) is 14.7. The Morgan fingerprint density at radius 3 is 2.82 bits per heavy atom. The molecule has 0 bridgehead atoms. The number of nitrogens with zero attached hydrogens (tertiary/aromatic N) is 1. The van der Waals surface area contributed by atoms with Crippen LogP contribution in [0.2, 0.25) is 0 Å². The topological polar surface area (TPSA) is 70.8 Å². The van der Waals surface area contributed by atoms with Crippen LogP contribution in [0.4, 0.5) is 0 Å². The van der Waals surface area contributed by atoms with E-state index < -0.39 is 11.8 Å². The molecule has 0 aliphatic carbocycles. The lowest BCUT2D eigenvalue weighted by Gasteiger charge is -2.15. The van der Waals surface area contributed by atoms with Crippen LogP contribution in [-0.4, -0.2) is 23.5 Å². The smallest absolute Gasteiger partial charge is 0.338 e. The van der Waals surface area contributed by atoms with E-state index in [0.717, 1.165) is 0 Å². The molecule has 0 spiro atoms. The molecule has 3 rings (SSSR count). The Morgan fingerprint density at radius 2 is 2.14 bits per heavy atom. The molecule has 2 heterocycles. The van der Waals surface area contributed by atoms with Crippen LogP contribution in [0.15, 0.2) is 40.9 Å². The van der Waals surface area contributed by atoms with Crippen LogP contribution in [0.25, 0.3) is 0 Å². The Morgan fingerprint density at radius 1 is 1.36 bits per heavy atom. The minimum absolute atomic E-state index is 0.0255. The third-order valence-electron chi connectivity index (χ3n) is 3.27. The summed E-state index contributed by atoms with van der Waals surface area (Å²) in [7, 11) is 0. The third-order valence-corrected chi connectivity index (χ3v) is 3.27. The predicted molar refractivity (Wildman–Crippen MR) is 75.9 cm³/mol. The molecule has 6 nitrogen and oxygen atoms in total. The Balaban J connectivity index is 1.57. The summed E-state index contributed by atoms with van der Waals surface area (Å²) < 4.78 is 21.5. The highest BCUT2D eigenvalue weighted by Crippen LogP contribution is 2.32. The van der Waals surface area contributed by atoms with E-state index in [0.29, 0.717) is 23.6 Å². The summed E-state index contributed by atoms with van der Waals surface area (Å²) in [6, 6.07) is 10.5. The van der Waals surface area contributed by atoms with Gasteiger partial charge in [-0.1, -0.05) is 23.4 Å². The number of esters is 1. The number of carbonyl (C=O) groups excluding carboxylic acids is 1. The van der Waals surface area contributed by atoms with Gasteiger partial charge in [0.25, 0.3) is 0 Å². The van der Waals surface area contributed by atoms with Crippen LogP contribution < -0.4 is 0 Å². The average Bonchev–Trinajstić information content (AvgIpc) is 3.12. The van der Waals surface area contributed by atoms with Gasteiger partial charge < -0.3 is 18.7 Å². The van der Waals surface area contributed by atoms with Gasteiger partial charge in [-0.15, -0.1) is 0 Å². The van der Waals surface area contributed by atoms with Gasteiger partial charge in [0.1, 0.15) is 11.8 Å². The lowest BCUT2D eigenvalue weighted by Crippen LogP contribution is -2.19. The van der Waals surface area contributed by atoms with Crippen LogP contribution in [0.1, 0.15) is 41.8 Å². The second-order valence-electron chi connectivity index (χ2n) is 5.48. The summed E-state index contributed by atoms with van der Waals surface area (Å²) in [6.45, 7) is 4.13.